The van der Waals surface area contributed by atoms with Gasteiger partial charge in [-0.05, 0) is 24.6 Å². The number of benzene rings is 1. The van der Waals surface area contributed by atoms with Crippen molar-refractivity contribution in [2.75, 3.05) is 13.7 Å². The third-order valence-electron chi connectivity index (χ3n) is 3.70. The minimum Gasteiger partial charge on any atom is -0.464 e. The highest BCUT2D eigenvalue weighted by atomic mass is 35.5. The van der Waals surface area contributed by atoms with Crippen molar-refractivity contribution in [2.45, 2.75) is 32.7 Å². The first-order valence-electron chi connectivity index (χ1n) is 8.22. The van der Waals surface area contributed by atoms with Crippen molar-refractivity contribution < 1.29 is 18.7 Å². The molecule has 0 spiro atoms. The van der Waals surface area contributed by atoms with Crippen molar-refractivity contribution in [3.8, 4) is 0 Å². The highest BCUT2D eigenvalue weighted by molar-refractivity contribution is 6.35. The zero-order valence-electron chi connectivity index (χ0n) is 14.6. The normalized spacial score (nSPS) is 10.6. The third kappa shape index (κ3) is 5.47. The summed E-state index contributed by atoms with van der Waals surface area (Å²) in [6.07, 6.45) is 4.06. The number of nitrogens with zero attached hydrogens (tertiary/aromatic N) is 2. The van der Waals surface area contributed by atoms with Crippen molar-refractivity contribution in [3.63, 3.8) is 0 Å². The average Bonchev–Trinajstić information content (AvgIpc) is 3.07. The molecule has 0 atom stereocenters. The Bertz CT molecular complexity index is 756. The quantitative estimate of drug-likeness (QED) is 0.479. The molecule has 140 valence electrons. The fourth-order valence-electron chi connectivity index (χ4n) is 2.41. The molecule has 0 unspecified atom stereocenters. The number of rotatable bonds is 8. The predicted molar refractivity (Wildman–Crippen MR) is 98.6 cm³/mol. The fourth-order valence-corrected chi connectivity index (χ4v) is 2.94. The number of unbranched alkanes of at least 4 members (excludes halogenated alkanes) is 2. The standard InChI is InChI=1S/C18H20Cl2N2O4/c1-3-4-5-6-22(10-16-21-15(11-26-16)18(24)25-2)17(23)12-7-13(19)9-14(20)8-12/h7-9,11H,3-6,10H2,1-2H3. The zero-order valence-corrected chi connectivity index (χ0v) is 16.1. The van der Waals surface area contributed by atoms with E-state index in [-0.39, 0.29) is 24.0 Å². The van der Waals surface area contributed by atoms with Gasteiger partial charge in [-0.3, -0.25) is 4.79 Å². The largest absolute Gasteiger partial charge is 0.464 e. The number of amides is 1. The van der Waals surface area contributed by atoms with Gasteiger partial charge in [0, 0.05) is 22.2 Å². The van der Waals surface area contributed by atoms with E-state index in [4.69, 9.17) is 27.6 Å². The highest BCUT2D eigenvalue weighted by Gasteiger charge is 2.20. The van der Waals surface area contributed by atoms with E-state index in [2.05, 4.69) is 16.6 Å². The van der Waals surface area contributed by atoms with Crippen LogP contribution in [0, 0.1) is 0 Å². The first kappa shape index (κ1) is 20.3. The van der Waals surface area contributed by atoms with Gasteiger partial charge in [0.25, 0.3) is 5.91 Å². The molecule has 2 aromatic rings. The lowest BCUT2D eigenvalue weighted by Crippen LogP contribution is -2.31. The van der Waals surface area contributed by atoms with Crippen LogP contribution < -0.4 is 0 Å². The number of hydrogen-bond donors (Lipinski definition) is 0. The van der Waals surface area contributed by atoms with Crippen molar-refractivity contribution in [1.29, 1.82) is 0 Å². The molecule has 0 bridgehead atoms. The Hall–Kier alpha value is -2.05. The van der Waals surface area contributed by atoms with Gasteiger partial charge in [-0.2, -0.15) is 0 Å². The molecule has 8 heteroatoms. The minimum atomic E-state index is -0.592. The maximum Gasteiger partial charge on any atom is 0.360 e. The van der Waals surface area contributed by atoms with Crippen LogP contribution in [0.3, 0.4) is 0 Å². The lowest BCUT2D eigenvalue weighted by atomic mass is 10.1. The predicted octanol–water partition coefficient (Wildman–Crippen LogP) is 4.60. The van der Waals surface area contributed by atoms with Crippen LogP contribution in [0.1, 0.15) is 52.9 Å². The topological polar surface area (TPSA) is 72.6 Å². The van der Waals surface area contributed by atoms with Gasteiger partial charge in [0.2, 0.25) is 5.89 Å². The van der Waals surface area contributed by atoms with Crippen LogP contribution >= 0.6 is 23.2 Å². The zero-order chi connectivity index (χ0) is 19.1. The molecule has 0 aliphatic rings. The second-order valence-electron chi connectivity index (χ2n) is 5.71. The summed E-state index contributed by atoms with van der Waals surface area (Å²) in [7, 11) is 1.26. The van der Waals surface area contributed by atoms with Gasteiger partial charge >= 0.3 is 5.97 Å². The molecule has 2 rings (SSSR count). The smallest absolute Gasteiger partial charge is 0.360 e. The number of esters is 1. The molecule has 0 aliphatic carbocycles. The first-order valence-corrected chi connectivity index (χ1v) is 8.98. The monoisotopic (exact) mass is 398 g/mol. The van der Waals surface area contributed by atoms with Crippen LogP contribution in [0.25, 0.3) is 0 Å². The molecule has 1 aromatic carbocycles. The Kier molecular flexibility index (Phi) is 7.48. The second kappa shape index (κ2) is 9.59. The molecular formula is C18H20Cl2N2O4. The summed E-state index contributed by atoms with van der Waals surface area (Å²) >= 11 is 12.0. The van der Waals surface area contributed by atoms with Gasteiger partial charge in [0.1, 0.15) is 6.26 Å². The molecule has 1 amide bonds. The van der Waals surface area contributed by atoms with E-state index < -0.39 is 5.97 Å². The molecular weight excluding hydrogens is 379 g/mol. The summed E-state index contributed by atoms with van der Waals surface area (Å²) in [5.41, 5.74) is 0.452. The summed E-state index contributed by atoms with van der Waals surface area (Å²) in [5.74, 6) is -0.572. The average molecular weight is 399 g/mol. The Morgan fingerprint density at radius 2 is 1.88 bits per heavy atom. The molecule has 6 nitrogen and oxygen atoms in total. The van der Waals surface area contributed by atoms with Crippen LogP contribution in [0.5, 0.6) is 0 Å². The Labute approximate surface area is 162 Å². The van der Waals surface area contributed by atoms with Crippen molar-refractivity contribution in [1.82, 2.24) is 9.88 Å². The second-order valence-corrected chi connectivity index (χ2v) is 6.58. The van der Waals surface area contributed by atoms with Gasteiger partial charge in [0.05, 0.1) is 13.7 Å². The number of hydrogen-bond acceptors (Lipinski definition) is 5. The lowest BCUT2D eigenvalue weighted by molar-refractivity contribution is 0.0594. The fraction of sp³-hybridized carbons (Fsp3) is 0.389. The lowest BCUT2D eigenvalue weighted by Gasteiger charge is -2.21. The van der Waals surface area contributed by atoms with Crippen LogP contribution in [-0.2, 0) is 11.3 Å². The van der Waals surface area contributed by atoms with E-state index in [1.807, 2.05) is 0 Å². The van der Waals surface area contributed by atoms with Gasteiger partial charge < -0.3 is 14.1 Å². The van der Waals surface area contributed by atoms with E-state index >= 15 is 0 Å². The number of methoxy groups -OCH3 is 1. The van der Waals surface area contributed by atoms with Crippen molar-refractivity contribution >= 4 is 35.1 Å². The van der Waals surface area contributed by atoms with Gasteiger partial charge in [-0.25, -0.2) is 9.78 Å². The number of carbonyl (C=O) groups is 2. The highest BCUT2D eigenvalue weighted by Crippen LogP contribution is 2.21. The molecule has 0 radical (unpaired) electrons. The van der Waals surface area contributed by atoms with Gasteiger partial charge in [-0.1, -0.05) is 43.0 Å². The molecule has 26 heavy (non-hydrogen) atoms. The summed E-state index contributed by atoms with van der Waals surface area (Å²) in [6, 6.07) is 4.70. The molecule has 0 N–H and O–H groups in total. The summed E-state index contributed by atoms with van der Waals surface area (Å²) < 4.78 is 9.91. The van der Waals surface area contributed by atoms with Crippen LogP contribution in [0.15, 0.2) is 28.9 Å². The Balaban J connectivity index is 2.20. The Morgan fingerprint density at radius 1 is 1.19 bits per heavy atom. The maximum absolute atomic E-state index is 12.9. The molecule has 0 saturated heterocycles. The van der Waals surface area contributed by atoms with Gasteiger partial charge in [-0.15, -0.1) is 0 Å². The van der Waals surface area contributed by atoms with Gasteiger partial charge in [0.15, 0.2) is 5.69 Å². The number of oxazole rings is 1. The van der Waals surface area contributed by atoms with E-state index in [0.29, 0.717) is 22.2 Å². The van der Waals surface area contributed by atoms with Crippen LogP contribution in [0.2, 0.25) is 10.0 Å². The third-order valence-corrected chi connectivity index (χ3v) is 4.14. The summed E-state index contributed by atoms with van der Waals surface area (Å²) in [6.45, 7) is 2.73. The van der Waals surface area contributed by atoms with E-state index in [9.17, 15) is 9.59 Å². The van der Waals surface area contributed by atoms with Crippen molar-refractivity contribution in [3.05, 3.63) is 51.7 Å². The molecule has 0 fully saturated rings. The van der Waals surface area contributed by atoms with E-state index in [1.54, 1.807) is 23.1 Å². The molecule has 0 aliphatic heterocycles. The van der Waals surface area contributed by atoms with Crippen LogP contribution in [0.4, 0.5) is 0 Å². The SMILES string of the molecule is CCCCCN(Cc1nc(C(=O)OC)co1)C(=O)c1cc(Cl)cc(Cl)c1. The summed E-state index contributed by atoms with van der Waals surface area (Å²) in [4.78, 5) is 30.1. The number of ether oxygens (including phenoxy) is 1. The first-order chi connectivity index (χ1) is 12.4. The molecule has 0 saturated carbocycles. The maximum atomic E-state index is 12.9. The van der Waals surface area contributed by atoms with E-state index in [0.717, 1.165) is 19.3 Å². The molecule has 1 aromatic heterocycles. The van der Waals surface area contributed by atoms with Crippen LogP contribution in [-0.4, -0.2) is 35.4 Å². The van der Waals surface area contributed by atoms with E-state index in [1.165, 1.54) is 13.4 Å². The number of halogens is 2. The minimum absolute atomic E-state index is 0.0641. The molecule has 1 heterocycles. The van der Waals surface area contributed by atoms with Crippen molar-refractivity contribution in [2.24, 2.45) is 0 Å². The Morgan fingerprint density at radius 3 is 2.50 bits per heavy atom. The summed E-state index contributed by atoms with van der Waals surface area (Å²) in [5, 5.41) is 0.775. The number of carbonyl (C=O) groups excluding carboxylic acids is 2. The number of aromatic nitrogens is 1.